The van der Waals surface area contributed by atoms with Crippen LogP contribution < -0.4 is 5.32 Å². The Morgan fingerprint density at radius 3 is 2.56 bits per heavy atom. The van der Waals surface area contributed by atoms with Crippen molar-refractivity contribution in [2.75, 3.05) is 17.7 Å². The number of thioether (sulfide) groups is 1. The Morgan fingerprint density at radius 2 is 1.94 bits per heavy atom. The molecule has 3 aromatic rings. The fourth-order valence-corrected chi connectivity index (χ4v) is 4.54. The number of carbonyl (C=O) groups is 2. The number of rotatable bonds is 7. The average Bonchev–Trinajstić information content (AvgIpc) is 3.12. The van der Waals surface area contributed by atoms with Crippen molar-refractivity contribution < 1.29 is 27.5 Å². The highest BCUT2D eigenvalue weighted by Gasteiger charge is 2.34. The number of hydrogen-bond donors (Lipinski definition) is 1. The van der Waals surface area contributed by atoms with Crippen LogP contribution in [0.15, 0.2) is 41.6 Å². The molecule has 0 saturated heterocycles. The maximum atomic E-state index is 13.3. The zero-order chi connectivity index (χ0) is 24.9. The molecule has 0 aliphatic heterocycles. The Bertz CT molecular complexity index is 1250. The molecule has 0 bridgehead atoms. The summed E-state index contributed by atoms with van der Waals surface area (Å²) >= 11 is 1.62. The summed E-state index contributed by atoms with van der Waals surface area (Å²) in [6.45, 7) is 3.36. The minimum atomic E-state index is -4.69. The minimum absolute atomic E-state index is 0.0746. The van der Waals surface area contributed by atoms with E-state index in [0.29, 0.717) is 11.1 Å². The van der Waals surface area contributed by atoms with Gasteiger partial charge in [0.05, 0.1) is 23.6 Å². The van der Waals surface area contributed by atoms with Gasteiger partial charge in [0.15, 0.2) is 5.16 Å². The summed E-state index contributed by atoms with van der Waals surface area (Å²) in [4.78, 5) is 32.4. The van der Waals surface area contributed by atoms with Gasteiger partial charge in [0, 0.05) is 5.56 Å². The number of nitriles is 1. The lowest BCUT2D eigenvalue weighted by Crippen LogP contribution is -2.15. The van der Waals surface area contributed by atoms with E-state index < -0.39 is 23.7 Å². The first-order valence-corrected chi connectivity index (χ1v) is 11.6. The molecule has 12 heteroatoms. The third kappa shape index (κ3) is 5.92. The third-order valence-electron chi connectivity index (χ3n) is 4.37. The Balaban J connectivity index is 1.79. The van der Waals surface area contributed by atoms with Gasteiger partial charge >= 0.3 is 12.1 Å². The molecular formula is C22H17F3N4O3S2. The van der Waals surface area contributed by atoms with Gasteiger partial charge in [-0.1, -0.05) is 42.1 Å². The van der Waals surface area contributed by atoms with Gasteiger partial charge in [-0.15, -0.1) is 11.3 Å². The molecule has 7 nitrogen and oxygen atoms in total. The smallest absolute Gasteiger partial charge is 0.433 e. The predicted octanol–water partition coefficient (Wildman–Crippen LogP) is 5.31. The van der Waals surface area contributed by atoms with E-state index in [1.165, 1.54) is 0 Å². The molecule has 0 aliphatic carbocycles. The molecule has 2 aromatic heterocycles. The maximum absolute atomic E-state index is 13.3. The van der Waals surface area contributed by atoms with Gasteiger partial charge in [-0.05, 0) is 25.5 Å². The predicted molar refractivity (Wildman–Crippen MR) is 122 cm³/mol. The third-order valence-corrected chi connectivity index (χ3v) is 6.40. The summed E-state index contributed by atoms with van der Waals surface area (Å²) in [6.07, 6.45) is -4.69. The first-order valence-electron chi connectivity index (χ1n) is 9.79. The van der Waals surface area contributed by atoms with E-state index in [1.807, 2.05) is 6.07 Å². The van der Waals surface area contributed by atoms with Gasteiger partial charge < -0.3 is 10.1 Å². The molecule has 0 unspecified atom stereocenters. The largest absolute Gasteiger partial charge is 0.462 e. The number of halogens is 3. The minimum Gasteiger partial charge on any atom is -0.462 e. The molecule has 0 fully saturated rings. The Labute approximate surface area is 201 Å². The number of hydrogen-bond acceptors (Lipinski definition) is 8. The van der Waals surface area contributed by atoms with E-state index in [1.54, 1.807) is 44.2 Å². The van der Waals surface area contributed by atoms with E-state index in [0.717, 1.165) is 29.2 Å². The SMILES string of the molecule is CCOC(=O)c1sc(NC(=O)CSc2nc(-c3ccccc3)cc(C(F)(F)F)n2)c(C#N)c1C. The van der Waals surface area contributed by atoms with Crippen LogP contribution in [0.1, 0.15) is 33.4 Å². The molecule has 0 atom stereocenters. The van der Waals surface area contributed by atoms with Crippen LogP contribution in [-0.2, 0) is 15.7 Å². The van der Waals surface area contributed by atoms with Crippen molar-refractivity contribution in [3.63, 3.8) is 0 Å². The monoisotopic (exact) mass is 506 g/mol. The van der Waals surface area contributed by atoms with E-state index in [4.69, 9.17) is 4.74 Å². The normalized spacial score (nSPS) is 11.1. The van der Waals surface area contributed by atoms with E-state index in [-0.39, 0.29) is 38.7 Å². The zero-order valence-electron chi connectivity index (χ0n) is 17.9. The van der Waals surface area contributed by atoms with Gasteiger partial charge in [0.1, 0.15) is 21.6 Å². The second-order valence-corrected chi connectivity index (χ2v) is 8.68. The van der Waals surface area contributed by atoms with Crippen molar-refractivity contribution >= 4 is 40.0 Å². The number of benzene rings is 1. The first kappa shape index (κ1) is 25.2. The molecule has 176 valence electrons. The van der Waals surface area contributed by atoms with Crippen LogP contribution in [0.3, 0.4) is 0 Å². The van der Waals surface area contributed by atoms with Crippen LogP contribution >= 0.6 is 23.1 Å². The van der Waals surface area contributed by atoms with Crippen molar-refractivity contribution in [3.05, 3.63) is 58.1 Å². The number of esters is 1. The van der Waals surface area contributed by atoms with Gasteiger partial charge in [0.2, 0.25) is 5.91 Å². The lowest BCUT2D eigenvalue weighted by Gasteiger charge is -2.10. The quantitative estimate of drug-likeness (QED) is 0.263. The van der Waals surface area contributed by atoms with E-state index in [2.05, 4.69) is 15.3 Å². The van der Waals surface area contributed by atoms with Crippen molar-refractivity contribution in [1.29, 1.82) is 5.26 Å². The number of alkyl halides is 3. The molecule has 2 heterocycles. The molecule has 1 amide bonds. The van der Waals surface area contributed by atoms with Crippen LogP contribution in [0.2, 0.25) is 0 Å². The number of aromatic nitrogens is 2. The molecule has 0 aliphatic rings. The topological polar surface area (TPSA) is 105 Å². The molecule has 0 radical (unpaired) electrons. The first-order chi connectivity index (χ1) is 16.1. The second-order valence-electron chi connectivity index (χ2n) is 6.71. The molecular weight excluding hydrogens is 489 g/mol. The molecule has 0 spiro atoms. The average molecular weight is 507 g/mol. The van der Waals surface area contributed by atoms with Gasteiger partial charge in [0.25, 0.3) is 0 Å². The summed E-state index contributed by atoms with van der Waals surface area (Å²) in [5, 5.41) is 11.9. The highest BCUT2D eigenvalue weighted by atomic mass is 32.2. The summed E-state index contributed by atoms with van der Waals surface area (Å²) < 4.78 is 45.0. The number of ether oxygens (including phenoxy) is 1. The highest BCUT2D eigenvalue weighted by molar-refractivity contribution is 7.99. The van der Waals surface area contributed by atoms with Crippen molar-refractivity contribution in [2.45, 2.75) is 25.2 Å². The summed E-state index contributed by atoms with van der Waals surface area (Å²) in [5.74, 6) is -1.52. The number of anilines is 1. The molecule has 1 aromatic carbocycles. The Hall–Kier alpha value is -3.43. The van der Waals surface area contributed by atoms with Crippen molar-refractivity contribution in [3.8, 4) is 17.3 Å². The van der Waals surface area contributed by atoms with Crippen LogP contribution in [-0.4, -0.2) is 34.2 Å². The number of amides is 1. The number of nitrogens with zero attached hydrogens (tertiary/aromatic N) is 3. The van der Waals surface area contributed by atoms with Gasteiger partial charge in [-0.3, -0.25) is 4.79 Å². The van der Waals surface area contributed by atoms with Crippen molar-refractivity contribution in [1.82, 2.24) is 9.97 Å². The second kappa shape index (κ2) is 10.7. The van der Waals surface area contributed by atoms with E-state index >= 15 is 0 Å². The molecule has 0 saturated carbocycles. The molecule has 3 rings (SSSR count). The van der Waals surface area contributed by atoms with Crippen LogP contribution in [0.4, 0.5) is 18.2 Å². The van der Waals surface area contributed by atoms with E-state index in [9.17, 15) is 28.0 Å². The Kier molecular flexibility index (Phi) is 7.90. The molecule has 34 heavy (non-hydrogen) atoms. The Morgan fingerprint density at radius 1 is 1.24 bits per heavy atom. The zero-order valence-corrected chi connectivity index (χ0v) is 19.5. The fourth-order valence-electron chi connectivity index (χ4n) is 2.81. The summed E-state index contributed by atoms with van der Waals surface area (Å²) in [7, 11) is 0. The number of carbonyl (C=O) groups excluding carboxylic acids is 2. The van der Waals surface area contributed by atoms with Crippen molar-refractivity contribution in [2.24, 2.45) is 0 Å². The number of thiophene rings is 1. The fraction of sp³-hybridized carbons (Fsp3) is 0.227. The highest BCUT2D eigenvalue weighted by Crippen LogP contribution is 2.34. The van der Waals surface area contributed by atoms with Gasteiger partial charge in [-0.2, -0.15) is 18.4 Å². The maximum Gasteiger partial charge on any atom is 0.433 e. The lowest BCUT2D eigenvalue weighted by atomic mass is 10.1. The summed E-state index contributed by atoms with van der Waals surface area (Å²) in [5.41, 5.74) is -0.0776. The van der Waals surface area contributed by atoms with Crippen LogP contribution in [0, 0.1) is 18.3 Å². The van der Waals surface area contributed by atoms with Crippen LogP contribution in [0.25, 0.3) is 11.3 Å². The standard InChI is InChI=1S/C22H17F3N4O3S2/c1-3-32-20(31)18-12(2)14(10-26)19(34-18)29-17(30)11-33-21-27-15(13-7-5-4-6-8-13)9-16(28-21)22(23,24)25/h4-9H,3,11H2,1-2H3,(H,29,30). The van der Waals surface area contributed by atoms with Gasteiger partial charge in [-0.25, -0.2) is 14.8 Å². The summed E-state index contributed by atoms with van der Waals surface area (Å²) in [6, 6.07) is 11.1. The lowest BCUT2D eigenvalue weighted by molar-refractivity contribution is -0.141. The van der Waals surface area contributed by atoms with Crippen LogP contribution in [0.5, 0.6) is 0 Å². The number of nitrogens with one attached hydrogen (secondary N) is 1. The molecule has 1 N–H and O–H groups in total.